The Morgan fingerprint density at radius 3 is 2.77 bits per heavy atom. The van der Waals surface area contributed by atoms with Gasteiger partial charge >= 0.3 is 0 Å². The molecule has 1 atom stereocenters. The first kappa shape index (κ1) is 18.9. The van der Waals surface area contributed by atoms with E-state index in [4.69, 9.17) is 0 Å². The van der Waals surface area contributed by atoms with Gasteiger partial charge in [0.25, 0.3) is 5.78 Å². The van der Waals surface area contributed by atoms with Crippen molar-refractivity contribution in [2.75, 3.05) is 0 Å². The smallest absolute Gasteiger partial charge is 0.253 e. The summed E-state index contributed by atoms with van der Waals surface area (Å²) in [5.74, 6) is 1.01. The number of carbonyl (C=O) groups is 1. The van der Waals surface area contributed by atoms with Crippen molar-refractivity contribution in [2.45, 2.75) is 36.6 Å². The molecule has 2 aromatic heterocycles. The van der Waals surface area contributed by atoms with Crippen LogP contribution in [0.5, 0.6) is 0 Å². The van der Waals surface area contributed by atoms with E-state index < -0.39 is 0 Å². The number of rotatable bonds is 4. The summed E-state index contributed by atoms with van der Waals surface area (Å²) in [6, 6.07) is 14.7. The van der Waals surface area contributed by atoms with E-state index in [-0.39, 0.29) is 17.5 Å². The molecule has 5 rings (SSSR count). The van der Waals surface area contributed by atoms with Crippen LogP contribution in [0, 0.1) is 12.7 Å². The SMILES string of the molecule is Cc1cccc(CSc2nc3nc4c(cn3n2)C(=O)C[C@@H](c2ccc(F)cc2)C4)c1. The fourth-order valence-corrected chi connectivity index (χ4v) is 4.61. The summed E-state index contributed by atoms with van der Waals surface area (Å²) in [6.07, 6.45) is 2.75. The van der Waals surface area contributed by atoms with Crippen molar-refractivity contribution in [1.82, 2.24) is 19.6 Å². The van der Waals surface area contributed by atoms with E-state index in [1.54, 1.807) is 34.6 Å². The van der Waals surface area contributed by atoms with Gasteiger partial charge in [0.1, 0.15) is 5.82 Å². The van der Waals surface area contributed by atoms with Crippen LogP contribution < -0.4 is 0 Å². The lowest BCUT2D eigenvalue weighted by Gasteiger charge is -2.23. The van der Waals surface area contributed by atoms with E-state index in [9.17, 15) is 9.18 Å². The van der Waals surface area contributed by atoms with Gasteiger partial charge < -0.3 is 0 Å². The predicted octanol–water partition coefficient (Wildman–Crippen LogP) is 4.78. The third kappa shape index (κ3) is 3.73. The molecule has 0 fully saturated rings. The van der Waals surface area contributed by atoms with E-state index >= 15 is 0 Å². The number of hydrogen-bond donors (Lipinski definition) is 0. The predicted molar refractivity (Wildman–Crippen MR) is 113 cm³/mol. The van der Waals surface area contributed by atoms with Gasteiger partial charge in [-0.1, -0.05) is 53.7 Å². The minimum atomic E-state index is -0.278. The van der Waals surface area contributed by atoms with Crippen LogP contribution in [0.15, 0.2) is 59.9 Å². The van der Waals surface area contributed by atoms with Gasteiger partial charge in [0.2, 0.25) is 5.16 Å². The highest BCUT2D eigenvalue weighted by atomic mass is 32.2. The Morgan fingerprint density at radius 1 is 1.13 bits per heavy atom. The van der Waals surface area contributed by atoms with Gasteiger partial charge in [0.05, 0.1) is 11.3 Å². The number of benzene rings is 2. The maximum absolute atomic E-state index is 13.2. The minimum Gasteiger partial charge on any atom is -0.294 e. The quantitative estimate of drug-likeness (QED) is 0.447. The first-order chi connectivity index (χ1) is 14.5. The number of Topliss-reactive ketones (excluding diaryl/α,β-unsaturated/α-hetero) is 1. The van der Waals surface area contributed by atoms with E-state index in [2.05, 4.69) is 40.2 Å². The third-order valence-electron chi connectivity index (χ3n) is 5.35. The zero-order chi connectivity index (χ0) is 20.7. The van der Waals surface area contributed by atoms with E-state index in [0.717, 1.165) is 17.0 Å². The topological polar surface area (TPSA) is 60.1 Å². The number of thioether (sulfide) groups is 1. The van der Waals surface area contributed by atoms with Crippen LogP contribution in [0.3, 0.4) is 0 Å². The number of halogens is 1. The third-order valence-corrected chi connectivity index (χ3v) is 6.26. The number of aromatic nitrogens is 4. The van der Waals surface area contributed by atoms with E-state index in [1.165, 1.54) is 23.3 Å². The molecule has 0 saturated carbocycles. The number of carbonyl (C=O) groups excluding carboxylic acids is 1. The molecule has 0 spiro atoms. The van der Waals surface area contributed by atoms with Gasteiger partial charge in [-0.05, 0) is 42.5 Å². The largest absolute Gasteiger partial charge is 0.294 e. The first-order valence-corrected chi connectivity index (χ1v) is 10.8. The first-order valence-electron chi connectivity index (χ1n) is 9.78. The molecule has 0 unspecified atom stereocenters. The molecule has 0 N–H and O–H groups in total. The van der Waals surface area contributed by atoms with Crippen molar-refractivity contribution in [3.05, 3.63) is 88.5 Å². The summed E-state index contributed by atoms with van der Waals surface area (Å²) in [5, 5.41) is 5.13. The lowest BCUT2D eigenvalue weighted by molar-refractivity contribution is 0.0962. The Balaban J connectivity index is 1.40. The lowest BCUT2D eigenvalue weighted by atomic mass is 9.82. The molecule has 2 heterocycles. The summed E-state index contributed by atoms with van der Waals surface area (Å²) in [5.41, 5.74) is 4.72. The molecule has 4 aromatic rings. The van der Waals surface area contributed by atoms with Gasteiger partial charge in [0, 0.05) is 18.4 Å². The summed E-state index contributed by atoms with van der Waals surface area (Å²) in [4.78, 5) is 21.9. The highest BCUT2D eigenvalue weighted by Gasteiger charge is 2.28. The highest BCUT2D eigenvalue weighted by Crippen LogP contribution is 2.32. The van der Waals surface area contributed by atoms with Crippen LogP contribution in [-0.2, 0) is 12.2 Å². The highest BCUT2D eigenvalue weighted by molar-refractivity contribution is 7.98. The zero-order valence-corrected chi connectivity index (χ0v) is 17.2. The van der Waals surface area contributed by atoms with Crippen LogP contribution >= 0.6 is 11.8 Å². The van der Waals surface area contributed by atoms with Gasteiger partial charge in [-0.25, -0.2) is 13.9 Å². The van der Waals surface area contributed by atoms with Crippen LogP contribution in [-0.4, -0.2) is 25.4 Å². The van der Waals surface area contributed by atoms with Crippen molar-refractivity contribution in [3.63, 3.8) is 0 Å². The van der Waals surface area contributed by atoms with Crippen LogP contribution in [0.25, 0.3) is 5.78 Å². The molecule has 0 amide bonds. The molecule has 30 heavy (non-hydrogen) atoms. The molecule has 1 aliphatic carbocycles. The fourth-order valence-electron chi connectivity index (χ4n) is 3.85. The van der Waals surface area contributed by atoms with Gasteiger partial charge in [-0.15, -0.1) is 5.10 Å². The second-order valence-corrected chi connectivity index (χ2v) is 8.54. The van der Waals surface area contributed by atoms with Crippen molar-refractivity contribution in [1.29, 1.82) is 0 Å². The van der Waals surface area contributed by atoms with Crippen LogP contribution in [0.1, 0.15) is 45.1 Å². The fraction of sp³-hybridized carbons (Fsp3) is 0.217. The van der Waals surface area contributed by atoms with E-state index in [1.807, 2.05) is 6.07 Å². The Labute approximate surface area is 177 Å². The number of ketones is 1. The molecule has 0 saturated heterocycles. The molecular weight excluding hydrogens is 399 g/mol. The average Bonchev–Trinajstić information content (AvgIpc) is 3.13. The van der Waals surface area contributed by atoms with Crippen molar-refractivity contribution in [2.24, 2.45) is 0 Å². The molecule has 0 bridgehead atoms. The summed E-state index contributed by atoms with van der Waals surface area (Å²) >= 11 is 1.55. The van der Waals surface area contributed by atoms with Crippen LogP contribution in [0.2, 0.25) is 0 Å². The second kappa shape index (κ2) is 7.65. The number of aryl methyl sites for hydroxylation is 1. The van der Waals surface area contributed by atoms with Gasteiger partial charge in [-0.3, -0.25) is 4.79 Å². The number of nitrogens with zero attached hydrogens (tertiary/aromatic N) is 4. The molecule has 1 aliphatic rings. The van der Waals surface area contributed by atoms with Crippen molar-refractivity contribution >= 4 is 23.3 Å². The maximum atomic E-state index is 13.2. The molecule has 0 radical (unpaired) electrons. The summed E-state index contributed by atoms with van der Waals surface area (Å²) in [7, 11) is 0. The minimum absolute atomic E-state index is 0.00126. The molecule has 0 aliphatic heterocycles. The molecular formula is C23H19FN4OS. The Kier molecular flexibility index (Phi) is 4.83. The maximum Gasteiger partial charge on any atom is 0.253 e. The molecule has 7 heteroatoms. The molecule has 150 valence electrons. The van der Waals surface area contributed by atoms with Gasteiger partial charge in [-0.2, -0.15) is 4.98 Å². The Bertz CT molecular complexity index is 1250. The standard InChI is InChI=1S/C23H19FN4OS/c1-14-3-2-4-15(9-14)13-30-23-26-22-25-20-10-17(16-5-7-18(24)8-6-16)11-21(29)19(20)12-28(22)27-23/h2-9,12,17H,10-11,13H2,1H3/t17-/m0/s1. The normalized spacial score (nSPS) is 16.1. The van der Waals surface area contributed by atoms with Gasteiger partial charge in [0.15, 0.2) is 5.78 Å². The van der Waals surface area contributed by atoms with E-state index in [0.29, 0.717) is 29.3 Å². The van der Waals surface area contributed by atoms with Crippen molar-refractivity contribution in [3.8, 4) is 0 Å². The Hall–Kier alpha value is -3.06. The summed E-state index contributed by atoms with van der Waals surface area (Å²) in [6.45, 7) is 2.07. The lowest BCUT2D eigenvalue weighted by Crippen LogP contribution is -2.21. The Morgan fingerprint density at radius 2 is 1.97 bits per heavy atom. The average molecular weight is 418 g/mol. The van der Waals surface area contributed by atoms with Crippen LogP contribution in [0.4, 0.5) is 4.39 Å². The summed E-state index contributed by atoms with van der Waals surface area (Å²) < 4.78 is 14.8. The monoisotopic (exact) mass is 418 g/mol. The number of fused-ring (bicyclic) bond motifs is 2. The molecule has 5 nitrogen and oxygen atoms in total. The zero-order valence-electron chi connectivity index (χ0n) is 16.4. The number of hydrogen-bond acceptors (Lipinski definition) is 5. The molecule has 2 aromatic carbocycles. The van der Waals surface area contributed by atoms with Crippen molar-refractivity contribution < 1.29 is 9.18 Å². The second-order valence-electron chi connectivity index (χ2n) is 7.60.